The number of aryl methyl sites for hydroxylation is 2. The summed E-state index contributed by atoms with van der Waals surface area (Å²) in [7, 11) is 1.69. The Morgan fingerprint density at radius 3 is 2.76 bits per heavy atom. The van der Waals surface area contributed by atoms with Gasteiger partial charge in [0.1, 0.15) is 17.5 Å². The molecule has 1 aliphatic carbocycles. The maximum atomic E-state index is 12.9. The number of anilines is 1. The third-order valence-electron chi connectivity index (χ3n) is 5.50. The molecule has 1 unspecified atom stereocenters. The molecular formula is C22H18N2O4S. The molecule has 7 heteroatoms. The first-order chi connectivity index (χ1) is 14.0. The highest BCUT2D eigenvalue weighted by molar-refractivity contribution is 7.97. The maximum absolute atomic E-state index is 12.9. The van der Waals surface area contributed by atoms with Crippen LogP contribution >= 0.6 is 11.9 Å². The number of carbonyl (C=O) groups is 2. The van der Waals surface area contributed by atoms with Gasteiger partial charge in [0.15, 0.2) is 11.8 Å². The summed E-state index contributed by atoms with van der Waals surface area (Å²) in [6.07, 6.45) is 4.26. The molecule has 0 spiro atoms. The van der Waals surface area contributed by atoms with E-state index in [0.717, 1.165) is 29.7 Å². The number of hydrogen-bond donors (Lipinski definition) is 1. The van der Waals surface area contributed by atoms with E-state index in [1.54, 1.807) is 23.5 Å². The molecule has 0 saturated heterocycles. The van der Waals surface area contributed by atoms with Crippen LogP contribution in [0.1, 0.15) is 27.9 Å². The fourth-order valence-electron chi connectivity index (χ4n) is 4.04. The Morgan fingerprint density at radius 2 is 1.93 bits per heavy atom. The molecule has 0 bridgehead atoms. The van der Waals surface area contributed by atoms with Crippen LogP contribution in [0.4, 0.5) is 5.69 Å². The van der Waals surface area contributed by atoms with E-state index in [2.05, 4.69) is 5.32 Å². The quantitative estimate of drug-likeness (QED) is 0.519. The number of hydrogen-bond acceptors (Lipinski definition) is 6. The van der Waals surface area contributed by atoms with Crippen LogP contribution < -0.4 is 10.7 Å². The van der Waals surface area contributed by atoms with Crippen molar-refractivity contribution >= 4 is 40.3 Å². The second-order valence-corrected chi connectivity index (χ2v) is 8.54. The van der Waals surface area contributed by atoms with Crippen LogP contribution in [-0.4, -0.2) is 29.1 Å². The summed E-state index contributed by atoms with van der Waals surface area (Å²) in [4.78, 5) is 39.5. The number of benzene rings is 2. The molecule has 1 atom stereocenters. The van der Waals surface area contributed by atoms with Gasteiger partial charge in [0.2, 0.25) is 5.43 Å². The average Bonchev–Trinajstić information content (AvgIpc) is 3.16. The van der Waals surface area contributed by atoms with Crippen LogP contribution in [0.25, 0.3) is 11.0 Å². The standard InChI is InChI=1S/C22H18N2O4S/c1-24-19(21(26)14-7-2-3-8-18(14)29-24)22(27)23-16-11-28-17-10-13-6-4-5-12(13)9-15(17)20(16)25/h2-3,7-11,19H,4-6H2,1H3,(H,23,27). The van der Waals surface area contributed by atoms with E-state index in [9.17, 15) is 14.4 Å². The number of ketones is 1. The van der Waals surface area contributed by atoms with Gasteiger partial charge < -0.3 is 9.73 Å². The predicted octanol–water partition coefficient (Wildman–Crippen LogP) is 3.42. The highest BCUT2D eigenvalue weighted by Gasteiger charge is 2.38. The zero-order valence-electron chi connectivity index (χ0n) is 15.7. The Hall–Kier alpha value is -2.90. The second-order valence-electron chi connectivity index (χ2n) is 7.34. The molecule has 0 saturated carbocycles. The molecule has 1 aliphatic heterocycles. The molecule has 1 N–H and O–H groups in total. The van der Waals surface area contributed by atoms with Crippen LogP contribution in [0.2, 0.25) is 0 Å². The number of fused-ring (bicyclic) bond motifs is 3. The van der Waals surface area contributed by atoms with Crippen LogP contribution in [0.15, 0.2) is 56.8 Å². The largest absolute Gasteiger partial charge is 0.462 e. The molecule has 3 aromatic rings. The van der Waals surface area contributed by atoms with Crippen molar-refractivity contribution in [1.29, 1.82) is 0 Å². The monoisotopic (exact) mass is 406 g/mol. The lowest BCUT2D eigenvalue weighted by Gasteiger charge is -2.30. The van der Waals surface area contributed by atoms with E-state index in [-0.39, 0.29) is 16.9 Å². The van der Waals surface area contributed by atoms with Crippen molar-refractivity contribution in [2.45, 2.75) is 30.2 Å². The zero-order valence-corrected chi connectivity index (χ0v) is 16.5. The van der Waals surface area contributed by atoms with E-state index in [4.69, 9.17) is 4.42 Å². The van der Waals surface area contributed by atoms with E-state index in [1.807, 2.05) is 24.3 Å². The van der Waals surface area contributed by atoms with Gasteiger partial charge in [0, 0.05) is 10.5 Å². The average molecular weight is 406 g/mol. The summed E-state index contributed by atoms with van der Waals surface area (Å²) in [5.41, 5.74) is 3.14. The van der Waals surface area contributed by atoms with Gasteiger partial charge in [-0.25, -0.2) is 4.31 Å². The summed E-state index contributed by atoms with van der Waals surface area (Å²) >= 11 is 1.33. The van der Waals surface area contributed by atoms with Gasteiger partial charge in [-0.2, -0.15) is 0 Å². The van der Waals surface area contributed by atoms with Crippen molar-refractivity contribution in [3.05, 3.63) is 69.6 Å². The minimum atomic E-state index is -1.02. The van der Waals surface area contributed by atoms with Gasteiger partial charge in [-0.3, -0.25) is 14.4 Å². The first kappa shape index (κ1) is 18.1. The summed E-state index contributed by atoms with van der Waals surface area (Å²) in [5, 5.41) is 3.06. The van der Waals surface area contributed by atoms with Crippen LogP contribution in [0.5, 0.6) is 0 Å². The zero-order chi connectivity index (χ0) is 20.1. The SMILES string of the molecule is CN1Sc2ccccc2C(=O)C1C(=O)Nc1coc2cc3c(cc2c1=O)CCC3. The van der Waals surface area contributed by atoms with E-state index in [0.29, 0.717) is 16.5 Å². The number of likely N-dealkylation sites (N-methyl/N-ethyl adjacent to an activating group) is 1. The molecular weight excluding hydrogens is 388 g/mol. The van der Waals surface area contributed by atoms with Gasteiger partial charge in [-0.05, 0) is 67.6 Å². The molecule has 1 amide bonds. The molecule has 1 aromatic heterocycles. The molecule has 2 heterocycles. The number of amides is 1. The van der Waals surface area contributed by atoms with Crippen molar-refractivity contribution in [2.75, 3.05) is 12.4 Å². The van der Waals surface area contributed by atoms with Crippen molar-refractivity contribution in [3.63, 3.8) is 0 Å². The molecule has 2 aliphatic rings. The van der Waals surface area contributed by atoms with Crippen molar-refractivity contribution < 1.29 is 14.0 Å². The lowest BCUT2D eigenvalue weighted by atomic mass is 10.0. The Labute approximate surface area is 171 Å². The Morgan fingerprint density at radius 1 is 1.17 bits per heavy atom. The normalized spacial score (nSPS) is 18.5. The maximum Gasteiger partial charge on any atom is 0.250 e. The van der Waals surface area contributed by atoms with Gasteiger partial charge in [-0.15, -0.1) is 0 Å². The summed E-state index contributed by atoms with van der Waals surface area (Å²) in [6, 6.07) is 9.94. The number of carbonyl (C=O) groups excluding carboxylic acids is 2. The highest BCUT2D eigenvalue weighted by atomic mass is 32.2. The van der Waals surface area contributed by atoms with Crippen molar-refractivity contribution in [1.82, 2.24) is 4.31 Å². The van der Waals surface area contributed by atoms with E-state index in [1.165, 1.54) is 23.8 Å². The van der Waals surface area contributed by atoms with Crippen LogP contribution in [0.3, 0.4) is 0 Å². The predicted molar refractivity (Wildman–Crippen MR) is 111 cm³/mol. The van der Waals surface area contributed by atoms with Crippen molar-refractivity contribution in [3.8, 4) is 0 Å². The molecule has 29 heavy (non-hydrogen) atoms. The number of Topliss-reactive ketones (excluding diaryl/α,β-unsaturated/α-hetero) is 1. The third kappa shape index (κ3) is 2.97. The fourth-order valence-corrected chi connectivity index (χ4v) is 5.05. The van der Waals surface area contributed by atoms with E-state index < -0.39 is 11.9 Å². The van der Waals surface area contributed by atoms with E-state index >= 15 is 0 Å². The molecule has 0 fully saturated rings. The van der Waals surface area contributed by atoms with Crippen LogP contribution in [-0.2, 0) is 17.6 Å². The molecule has 5 rings (SSSR count). The topological polar surface area (TPSA) is 79.6 Å². The third-order valence-corrected chi connectivity index (χ3v) is 6.55. The highest BCUT2D eigenvalue weighted by Crippen LogP contribution is 2.34. The fraction of sp³-hybridized carbons (Fsp3) is 0.227. The number of nitrogens with zero attached hydrogens (tertiary/aromatic N) is 1. The lowest BCUT2D eigenvalue weighted by Crippen LogP contribution is -2.47. The molecule has 2 aromatic carbocycles. The second kappa shape index (κ2) is 6.86. The van der Waals surface area contributed by atoms with Gasteiger partial charge in [0.05, 0.1) is 5.39 Å². The Kier molecular flexibility index (Phi) is 4.29. The van der Waals surface area contributed by atoms with Crippen LogP contribution in [0, 0.1) is 0 Å². The Balaban J connectivity index is 1.47. The number of nitrogens with one attached hydrogen (secondary N) is 1. The number of rotatable bonds is 2. The first-order valence-electron chi connectivity index (χ1n) is 9.45. The van der Waals surface area contributed by atoms with Gasteiger partial charge in [0.25, 0.3) is 5.91 Å². The summed E-state index contributed by atoms with van der Waals surface area (Å²) in [5.74, 6) is -0.838. The molecule has 146 valence electrons. The Bertz CT molecular complexity index is 1230. The van der Waals surface area contributed by atoms with Gasteiger partial charge >= 0.3 is 0 Å². The minimum absolute atomic E-state index is 0.0468. The van der Waals surface area contributed by atoms with Gasteiger partial charge in [-0.1, -0.05) is 18.2 Å². The van der Waals surface area contributed by atoms with Crippen molar-refractivity contribution in [2.24, 2.45) is 0 Å². The molecule has 0 radical (unpaired) electrons. The smallest absolute Gasteiger partial charge is 0.250 e. The lowest BCUT2D eigenvalue weighted by molar-refractivity contribution is -0.118. The first-order valence-corrected chi connectivity index (χ1v) is 10.2. The molecule has 6 nitrogen and oxygen atoms in total. The minimum Gasteiger partial charge on any atom is -0.462 e. The summed E-state index contributed by atoms with van der Waals surface area (Å²) < 4.78 is 7.24. The summed E-state index contributed by atoms with van der Waals surface area (Å²) in [6.45, 7) is 0.